The quantitative estimate of drug-likeness (QED) is 0.615. The van der Waals surface area contributed by atoms with Crippen LogP contribution < -0.4 is 15.4 Å². The average Bonchev–Trinajstić information content (AvgIpc) is 3.04. The summed E-state index contributed by atoms with van der Waals surface area (Å²) in [6.45, 7) is 3.20. The first-order chi connectivity index (χ1) is 13.4. The molecule has 3 rings (SSSR count). The van der Waals surface area contributed by atoms with Gasteiger partial charge in [0.15, 0.2) is 0 Å². The number of amides is 2. The zero-order chi connectivity index (χ0) is 20.3. The number of carbonyl (C=O) groups excluding carboxylic acids is 2. The highest BCUT2D eigenvalue weighted by atomic mass is 35.5. The van der Waals surface area contributed by atoms with Crippen molar-refractivity contribution in [2.24, 2.45) is 0 Å². The molecule has 2 aromatic carbocycles. The van der Waals surface area contributed by atoms with E-state index in [0.717, 1.165) is 10.6 Å². The van der Waals surface area contributed by atoms with Crippen LogP contribution >= 0.6 is 22.9 Å². The van der Waals surface area contributed by atoms with Gasteiger partial charge in [0.05, 0.1) is 18.5 Å². The second kappa shape index (κ2) is 8.41. The van der Waals surface area contributed by atoms with Crippen molar-refractivity contribution in [1.82, 2.24) is 4.98 Å². The van der Waals surface area contributed by atoms with E-state index in [0.29, 0.717) is 32.7 Å². The number of hydrogen-bond donors (Lipinski definition) is 2. The van der Waals surface area contributed by atoms with E-state index in [1.165, 1.54) is 25.4 Å². The van der Waals surface area contributed by atoms with Gasteiger partial charge in [-0.15, -0.1) is 11.3 Å². The maximum Gasteiger partial charge on any atom is 0.267 e. The number of nitrogens with zero attached hydrogens (tertiary/aromatic N) is 1. The molecule has 2 amide bonds. The minimum absolute atomic E-state index is 0.229. The van der Waals surface area contributed by atoms with Crippen LogP contribution in [0.5, 0.6) is 5.75 Å². The number of thiazole rings is 1. The summed E-state index contributed by atoms with van der Waals surface area (Å²) in [7, 11) is 1.51. The number of nitrogens with one attached hydrogen (secondary N) is 2. The Morgan fingerprint density at radius 1 is 1.11 bits per heavy atom. The van der Waals surface area contributed by atoms with Crippen molar-refractivity contribution >= 4 is 46.1 Å². The lowest BCUT2D eigenvalue weighted by Crippen LogP contribution is -2.13. The first kappa shape index (κ1) is 19.9. The first-order valence-corrected chi connectivity index (χ1v) is 9.57. The molecule has 8 heteroatoms. The molecule has 0 aliphatic rings. The Labute approximate surface area is 171 Å². The number of aryl methyl sites for hydroxylation is 1. The zero-order valence-electron chi connectivity index (χ0n) is 15.5. The van der Waals surface area contributed by atoms with E-state index < -0.39 is 0 Å². The van der Waals surface area contributed by atoms with Gasteiger partial charge in [0, 0.05) is 23.2 Å². The molecule has 0 saturated carbocycles. The van der Waals surface area contributed by atoms with Gasteiger partial charge in [-0.3, -0.25) is 9.59 Å². The Morgan fingerprint density at radius 2 is 1.82 bits per heavy atom. The lowest BCUT2D eigenvalue weighted by Gasteiger charge is -2.11. The Hall–Kier alpha value is -2.90. The molecule has 0 spiro atoms. The van der Waals surface area contributed by atoms with Crippen molar-refractivity contribution in [3.05, 3.63) is 58.1 Å². The predicted octanol–water partition coefficient (Wildman–Crippen LogP) is 4.99. The van der Waals surface area contributed by atoms with Crippen molar-refractivity contribution in [2.75, 3.05) is 17.7 Å². The fourth-order valence-corrected chi connectivity index (χ4v) is 3.68. The van der Waals surface area contributed by atoms with Crippen LogP contribution in [0.2, 0.25) is 5.02 Å². The topological polar surface area (TPSA) is 80.3 Å². The second-order valence-electron chi connectivity index (χ2n) is 5.99. The molecule has 0 saturated heterocycles. The van der Waals surface area contributed by atoms with E-state index in [4.69, 9.17) is 16.3 Å². The maximum atomic E-state index is 12.7. The minimum atomic E-state index is -0.269. The van der Waals surface area contributed by atoms with Crippen molar-refractivity contribution in [2.45, 2.75) is 13.8 Å². The van der Waals surface area contributed by atoms with Crippen molar-refractivity contribution < 1.29 is 14.3 Å². The van der Waals surface area contributed by atoms with Gasteiger partial charge in [-0.2, -0.15) is 0 Å². The number of halogens is 1. The summed E-state index contributed by atoms with van der Waals surface area (Å²) >= 11 is 7.23. The number of benzene rings is 2. The van der Waals surface area contributed by atoms with Gasteiger partial charge in [-0.05, 0) is 37.3 Å². The van der Waals surface area contributed by atoms with E-state index in [1.54, 1.807) is 37.3 Å². The molecular formula is C20H18ClN3O3S. The van der Waals surface area contributed by atoms with Crippen LogP contribution in [-0.4, -0.2) is 23.9 Å². The molecule has 6 nitrogen and oxygen atoms in total. The molecule has 0 unspecified atom stereocenters. The van der Waals surface area contributed by atoms with Gasteiger partial charge in [-0.1, -0.05) is 23.7 Å². The summed E-state index contributed by atoms with van der Waals surface area (Å²) < 4.78 is 5.23. The predicted molar refractivity (Wildman–Crippen MR) is 113 cm³/mol. The molecule has 0 fully saturated rings. The van der Waals surface area contributed by atoms with Gasteiger partial charge < -0.3 is 15.4 Å². The van der Waals surface area contributed by atoms with Crippen LogP contribution in [0.4, 0.5) is 11.4 Å². The molecule has 0 radical (unpaired) electrons. The average molecular weight is 416 g/mol. The summed E-state index contributed by atoms with van der Waals surface area (Å²) in [4.78, 5) is 29.1. The summed E-state index contributed by atoms with van der Waals surface area (Å²) in [5.41, 5.74) is 2.56. The third-order valence-corrected chi connectivity index (χ3v) is 5.32. The molecule has 0 atom stereocenters. The number of rotatable bonds is 5. The van der Waals surface area contributed by atoms with Crippen LogP contribution in [-0.2, 0) is 4.79 Å². The highest BCUT2D eigenvalue weighted by molar-refractivity contribution is 7.17. The summed E-state index contributed by atoms with van der Waals surface area (Å²) in [5, 5.41) is 6.91. The normalized spacial score (nSPS) is 10.4. The van der Waals surface area contributed by atoms with Gasteiger partial charge in [0.1, 0.15) is 15.6 Å². The lowest BCUT2D eigenvalue weighted by atomic mass is 10.2. The number of aromatic nitrogens is 1. The lowest BCUT2D eigenvalue weighted by molar-refractivity contribution is -0.114. The number of carbonyl (C=O) groups is 2. The summed E-state index contributed by atoms with van der Waals surface area (Å²) in [5.74, 6) is 0.00836. The molecule has 0 bridgehead atoms. The van der Waals surface area contributed by atoms with Crippen molar-refractivity contribution in [3.63, 3.8) is 0 Å². The minimum Gasteiger partial charge on any atom is -0.495 e. The first-order valence-electron chi connectivity index (χ1n) is 8.37. The summed E-state index contributed by atoms with van der Waals surface area (Å²) in [6, 6.07) is 12.3. The number of ether oxygens (including phenoxy) is 1. The molecule has 28 heavy (non-hydrogen) atoms. The Kier molecular flexibility index (Phi) is 5.96. The third kappa shape index (κ3) is 4.49. The Balaban J connectivity index is 1.83. The van der Waals surface area contributed by atoms with Gasteiger partial charge in [0.2, 0.25) is 5.91 Å². The van der Waals surface area contributed by atoms with Gasteiger partial charge in [-0.25, -0.2) is 4.98 Å². The van der Waals surface area contributed by atoms with Gasteiger partial charge >= 0.3 is 0 Å². The molecule has 0 aliphatic heterocycles. The second-order valence-corrected chi connectivity index (χ2v) is 7.43. The van der Waals surface area contributed by atoms with Crippen molar-refractivity contribution in [3.8, 4) is 16.3 Å². The van der Waals surface area contributed by atoms with Crippen LogP contribution in [0.3, 0.4) is 0 Å². The molecule has 0 aliphatic carbocycles. The van der Waals surface area contributed by atoms with E-state index >= 15 is 0 Å². The highest BCUT2D eigenvalue weighted by Gasteiger charge is 2.17. The SMILES string of the molecule is COc1ccc(NC(=O)c2sc(-c3ccc(Cl)cc3)nc2C)cc1NC(C)=O. The number of methoxy groups -OCH3 is 1. The molecule has 1 heterocycles. The van der Waals surface area contributed by atoms with E-state index in [1.807, 2.05) is 12.1 Å². The number of anilines is 2. The van der Waals surface area contributed by atoms with Crippen LogP contribution in [0.15, 0.2) is 42.5 Å². The monoisotopic (exact) mass is 415 g/mol. The van der Waals surface area contributed by atoms with Crippen LogP contribution in [0.25, 0.3) is 10.6 Å². The fourth-order valence-electron chi connectivity index (χ4n) is 2.58. The maximum absolute atomic E-state index is 12.7. The largest absolute Gasteiger partial charge is 0.495 e. The zero-order valence-corrected chi connectivity index (χ0v) is 17.1. The van der Waals surface area contributed by atoms with Crippen molar-refractivity contribution in [1.29, 1.82) is 0 Å². The number of hydrogen-bond acceptors (Lipinski definition) is 5. The van der Waals surface area contributed by atoms with Crippen LogP contribution in [0.1, 0.15) is 22.3 Å². The standard InChI is InChI=1S/C20H18ClN3O3S/c1-11-18(28-20(22-11)13-4-6-14(21)7-5-13)19(26)24-15-8-9-17(27-3)16(10-15)23-12(2)25/h4-10H,1-3H3,(H,23,25)(H,24,26). The van der Waals surface area contributed by atoms with E-state index in [9.17, 15) is 9.59 Å². The third-order valence-electron chi connectivity index (χ3n) is 3.86. The van der Waals surface area contributed by atoms with Gasteiger partial charge in [0.25, 0.3) is 5.91 Å². The fraction of sp³-hybridized carbons (Fsp3) is 0.150. The smallest absolute Gasteiger partial charge is 0.267 e. The molecule has 3 aromatic rings. The molecule has 144 valence electrons. The Bertz CT molecular complexity index is 1030. The summed E-state index contributed by atoms with van der Waals surface area (Å²) in [6.07, 6.45) is 0. The Morgan fingerprint density at radius 3 is 2.46 bits per heavy atom. The van der Waals surface area contributed by atoms with Crippen LogP contribution in [0, 0.1) is 6.92 Å². The molecule has 1 aromatic heterocycles. The molecular weight excluding hydrogens is 398 g/mol. The molecule has 2 N–H and O–H groups in total. The highest BCUT2D eigenvalue weighted by Crippen LogP contribution is 2.31. The van der Waals surface area contributed by atoms with E-state index in [2.05, 4.69) is 15.6 Å². The van der Waals surface area contributed by atoms with E-state index in [-0.39, 0.29) is 11.8 Å².